The Kier molecular flexibility index (Phi) is 5.26. The van der Waals surface area contributed by atoms with Crippen LogP contribution in [-0.2, 0) is 4.74 Å². The highest BCUT2D eigenvalue weighted by Gasteiger charge is 2.35. The second-order valence-electron chi connectivity index (χ2n) is 5.54. The molecule has 0 bridgehead atoms. The highest BCUT2D eigenvalue weighted by molar-refractivity contribution is 4.89. The van der Waals surface area contributed by atoms with Crippen LogP contribution in [0, 0.1) is 5.92 Å². The number of hydrogen-bond acceptors (Lipinski definition) is 3. The van der Waals surface area contributed by atoms with Crippen molar-refractivity contribution in [1.29, 1.82) is 0 Å². The topological polar surface area (TPSA) is 38.5 Å². The fraction of sp³-hybridized carbons (Fsp3) is 1.00. The lowest BCUT2D eigenvalue weighted by molar-refractivity contribution is 0.0505. The van der Waals surface area contributed by atoms with Gasteiger partial charge in [0.1, 0.15) is 0 Å². The van der Waals surface area contributed by atoms with Crippen LogP contribution in [0.15, 0.2) is 0 Å². The first-order valence-electron chi connectivity index (χ1n) is 7.40. The summed E-state index contributed by atoms with van der Waals surface area (Å²) >= 11 is 0. The number of nitrogens with two attached hydrogens (primary N) is 1. The second kappa shape index (κ2) is 6.72. The lowest BCUT2D eigenvalue weighted by Crippen LogP contribution is -2.37. The third-order valence-electron chi connectivity index (χ3n) is 4.53. The van der Waals surface area contributed by atoms with E-state index in [9.17, 15) is 0 Å². The number of nitrogens with zero attached hydrogens (tertiary/aromatic N) is 1. The minimum Gasteiger partial charge on any atom is -0.377 e. The molecule has 3 atom stereocenters. The van der Waals surface area contributed by atoms with Crippen molar-refractivity contribution in [2.75, 3.05) is 26.2 Å². The highest BCUT2D eigenvalue weighted by atomic mass is 16.5. The molecule has 1 heterocycles. The molecule has 0 radical (unpaired) electrons. The molecule has 17 heavy (non-hydrogen) atoms. The number of fused-ring (bicyclic) bond motifs is 1. The smallest absolute Gasteiger partial charge is 0.0709 e. The van der Waals surface area contributed by atoms with Gasteiger partial charge in [0.25, 0.3) is 0 Å². The van der Waals surface area contributed by atoms with Crippen LogP contribution in [0.1, 0.15) is 45.4 Å². The molecule has 1 saturated carbocycles. The molecule has 2 rings (SSSR count). The molecule has 2 aliphatic rings. The largest absolute Gasteiger partial charge is 0.377 e. The van der Waals surface area contributed by atoms with Gasteiger partial charge in [0, 0.05) is 25.7 Å². The van der Waals surface area contributed by atoms with Crippen molar-refractivity contribution >= 4 is 0 Å². The summed E-state index contributed by atoms with van der Waals surface area (Å²) in [5.41, 5.74) is 5.73. The third-order valence-corrected chi connectivity index (χ3v) is 4.53. The molecule has 2 fully saturated rings. The van der Waals surface area contributed by atoms with Gasteiger partial charge < -0.3 is 15.4 Å². The average molecular weight is 240 g/mol. The number of likely N-dealkylation sites (tertiary alicyclic amines) is 1. The molecule has 0 aromatic heterocycles. The Morgan fingerprint density at radius 1 is 1.29 bits per heavy atom. The molecule has 0 spiro atoms. The van der Waals surface area contributed by atoms with Crippen LogP contribution < -0.4 is 5.73 Å². The molecule has 2 N–H and O–H groups in total. The fourth-order valence-corrected chi connectivity index (χ4v) is 3.60. The van der Waals surface area contributed by atoms with E-state index in [1.807, 2.05) is 0 Å². The van der Waals surface area contributed by atoms with E-state index in [0.717, 1.165) is 25.0 Å². The summed E-state index contributed by atoms with van der Waals surface area (Å²) in [5.74, 6) is 0.993. The highest BCUT2D eigenvalue weighted by Crippen LogP contribution is 2.36. The Balaban J connectivity index is 1.75. The maximum Gasteiger partial charge on any atom is 0.0709 e. The second-order valence-corrected chi connectivity index (χ2v) is 5.54. The minimum atomic E-state index is 0.266. The number of ether oxygens (including phenoxy) is 1. The number of rotatable bonds is 6. The van der Waals surface area contributed by atoms with E-state index < -0.39 is 0 Å². The van der Waals surface area contributed by atoms with E-state index in [2.05, 4.69) is 11.8 Å². The van der Waals surface area contributed by atoms with Gasteiger partial charge in [-0.05, 0) is 45.1 Å². The average Bonchev–Trinajstić information content (AvgIpc) is 2.78. The molecule has 1 saturated heterocycles. The zero-order chi connectivity index (χ0) is 12.1. The van der Waals surface area contributed by atoms with Crippen LogP contribution >= 0.6 is 0 Å². The van der Waals surface area contributed by atoms with Crippen LogP contribution in [0.2, 0.25) is 0 Å². The van der Waals surface area contributed by atoms with Crippen LogP contribution in [0.3, 0.4) is 0 Å². The Morgan fingerprint density at radius 2 is 2.12 bits per heavy atom. The van der Waals surface area contributed by atoms with Crippen molar-refractivity contribution in [3.05, 3.63) is 0 Å². The summed E-state index contributed by atoms with van der Waals surface area (Å²) in [4.78, 5) is 2.70. The van der Waals surface area contributed by atoms with E-state index in [1.54, 1.807) is 0 Å². The first-order chi connectivity index (χ1) is 8.35. The predicted molar refractivity (Wildman–Crippen MR) is 71.0 cm³/mol. The first-order valence-corrected chi connectivity index (χ1v) is 7.40. The summed E-state index contributed by atoms with van der Waals surface area (Å²) in [6, 6.07) is 0.879. The zero-order valence-corrected chi connectivity index (χ0v) is 11.2. The molecule has 0 amide bonds. The predicted octanol–water partition coefficient (Wildman–Crippen LogP) is 2.00. The van der Waals surface area contributed by atoms with Crippen LogP contribution in [0.25, 0.3) is 0 Å². The van der Waals surface area contributed by atoms with E-state index in [-0.39, 0.29) is 6.10 Å². The van der Waals surface area contributed by atoms with Crippen molar-refractivity contribution in [3.63, 3.8) is 0 Å². The quantitative estimate of drug-likeness (QED) is 0.772. The van der Waals surface area contributed by atoms with Gasteiger partial charge >= 0.3 is 0 Å². The van der Waals surface area contributed by atoms with E-state index in [0.29, 0.717) is 6.54 Å². The van der Waals surface area contributed by atoms with Gasteiger partial charge in [-0.3, -0.25) is 0 Å². The lowest BCUT2D eigenvalue weighted by atomic mass is 9.85. The Hall–Kier alpha value is -0.120. The van der Waals surface area contributed by atoms with Crippen LogP contribution in [0.5, 0.6) is 0 Å². The van der Waals surface area contributed by atoms with Gasteiger partial charge in [0.15, 0.2) is 0 Å². The third kappa shape index (κ3) is 3.43. The van der Waals surface area contributed by atoms with Crippen molar-refractivity contribution in [3.8, 4) is 0 Å². The molecular formula is C14H28N2O. The standard InChI is InChI=1S/C14H28N2O/c1-2-17-13(11-15)8-10-16-9-7-12-5-3-4-6-14(12)16/h12-14H,2-11,15H2,1H3. The fourth-order valence-electron chi connectivity index (χ4n) is 3.60. The summed E-state index contributed by atoms with van der Waals surface area (Å²) in [5, 5.41) is 0. The first kappa shape index (κ1) is 13.3. The van der Waals surface area contributed by atoms with Crippen molar-refractivity contribution in [1.82, 2.24) is 4.90 Å². The van der Waals surface area contributed by atoms with E-state index in [1.165, 1.54) is 45.2 Å². The number of hydrogen-bond donors (Lipinski definition) is 1. The normalized spacial score (nSPS) is 31.4. The van der Waals surface area contributed by atoms with Gasteiger partial charge in [0.2, 0.25) is 0 Å². The van der Waals surface area contributed by atoms with Gasteiger partial charge in [0.05, 0.1) is 6.10 Å². The van der Waals surface area contributed by atoms with Crippen molar-refractivity contribution in [2.24, 2.45) is 11.7 Å². The van der Waals surface area contributed by atoms with Crippen molar-refractivity contribution in [2.45, 2.75) is 57.6 Å². The molecule has 3 nitrogen and oxygen atoms in total. The summed E-state index contributed by atoms with van der Waals surface area (Å²) in [7, 11) is 0. The van der Waals surface area contributed by atoms with Crippen LogP contribution in [0.4, 0.5) is 0 Å². The van der Waals surface area contributed by atoms with Gasteiger partial charge in [-0.1, -0.05) is 12.8 Å². The molecule has 3 unspecified atom stereocenters. The lowest BCUT2D eigenvalue weighted by Gasteiger charge is -2.32. The molecular weight excluding hydrogens is 212 g/mol. The minimum absolute atomic E-state index is 0.266. The Labute approximate surface area is 106 Å². The van der Waals surface area contributed by atoms with E-state index >= 15 is 0 Å². The molecule has 0 aromatic rings. The summed E-state index contributed by atoms with van der Waals surface area (Å²) in [6.07, 6.45) is 8.57. The summed E-state index contributed by atoms with van der Waals surface area (Å²) in [6.45, 7) is 5.99. The molecule has 3 heteroatoms. The monoisotopic (exact) mass is 240 g/mol. The van der Waals surface area contributed by atoms with Gasteiger partial charge in [-0.25, -0.2) is 0 Å². The van der Waals surface area contributed by atoms with Gasteiger partial charge in [-0.15, -0.1) is 0 Å². The molecule has 100 valence electrons. The molecule has 1 aliphatic carbocycles. The molecule has 1 aliphatic heterocycles. The Bertz CT molecular complexity index is 222. The molecule has 0 aromatic carbocycles. The SMILES string of the molecule is CCOC(CN)CCN1CCC2CCCCC21. The van der Waals surface area contributed by atoms with Crippen molar-refractivity contribution < 1.29 is 4.74 Å². The van der Waals surface area contributed by atoms with Gasteiger partial charge in [-0.2, -0.15) is 0 Å². The Morgan fingerprint density at radius 3 is 2.88 bits per heavy atom. The maximum atomic E-state index is 5.73. The zero-order valence-electron chi connectivity index (χ0n) is 11.2. The van der Waals surface area contributed by atoms with E-state index in [4.69, 9.17) is 10.5 Å². The van der Waals surface area contributed by atoms with Crippen LogP contribution in [-0.4, -0.2) is 43.3 Å². The summed E-state index contributed by atoms with van der Waals surface area (Å²) < 4.78 is 5.64. The maximum absolute atomic E-state index is 5.73.